The zero-order valence-electron chi connectivity index (χ0n) is 13.2. The second-order valence-corrected chi connectivity index (χ2v) is 6.06. The third kappa shape index (κ3) is 4.70. The van der Waals surface area contributed by atoms with Crippen LogP contribution >= 0.6 is 0 Å². The number of hydrogen-bond donors (Lipinski definition) is 1. The Morgan fingerprint density at radius 1 is 1.27 bits per heavy atom. The zero-order valence-corrected chi connectivity index (χ0v) is 13.2. The molecule has 0 saturated carbocycles. The van der Waals surface area contributed by atoms with Crippen molar-refractivity contribution in [2.24, 2.45) is 0 Å². The highest BCUT2D eigenvalue weighted by Gasteiger charge is 2.27. The lowest BCUT2D eigenvalue weighted by molar-refractivity contribution is -0.766. The Bertz CT molecular complexity index is 548. The molecule has 1 saturated heterocycles. The van der Waals surface area contributed by atoms with E-state index in [2.05, 4.69) is 5.32 Å². The van der Waals surface area contributed by atoms with Gasteiger partial charge in [-0.15, -0.1) is 0 Å². The summed E-state index contributed by atoms with van der Waals surface area (Å²) in [6.45, 7) is 8.08. The van der Waals surface area contributed by atoms with Crippen LogP contribution in [0.4, 0.5) is 10.5 Å². The van der Waals surface area contributed by atoms with Crippen LogP contribution in [0.5, 0.6) is 5.75 Å². The van der Waals surface area contributed by atoms with Crippen LogP contribution in [0.15, 0.2) is 24.3 Å². The minimum atomic E-state index is -0.602. The number of carbonyl (C=O) groups is 1. The quantitative estimate of drug-likeness (QED) is 0.867. The van der Waals surface area contributed by atoms with Crippen LogP contribution in [0, 0.1) is 4.91 Å². The van der Waals surface area contributed by atoms with Crippen LogP contribution in [-0.4, -0.2) is 47.7 Å². The molecule has 1 aromatic carbocycles. The van der Waals surface area contributed by atoms with Crippen LogP contribution in [0.3, 0.4) is 0 Å². The number of amides is 1. The fourth-order valence-corrected chi connectivity index (χ4v) is 1.97. The number of ether oxygens (including phenoxy) is 1. The van der Waals surface area contributed by atoms with Crippen molar-refractivity contribution in [3.8, 4) is 5.75 Å². The van der Waals surface area contributed by atoms with E-state index in [0.29, 0.717) is 23.8 Å². The Morgan fingerprint density at radius 3 is 2.59 bits per heavy atom. The van der Waals surface area contributed by atoms with Gasteiger partial charge in [0.05, 0.1) is 11.0 Å². The maximum Gasteiger partial charge on any atom is 0.415 e. The van der Waals surface area contributed by atoms with E-state index in [-0.39, 0.29) is 5.69 Å². The summed E-state index contributed by atoms with van der Waals surface area (Å²) in [6.07, 6.45) is -0.409. The van der Waals surface area contributed by atoms with E-state index in [9.17, 15) is 9.70 Å². The van der Waals surface area contributed by atoms with E-state index in [0.717, 1.165) is 13.1 Å². The van der Waals surface area contributed by atoms with Gasteiger partial charge in [0, 0.05) is 32.2 Å². The highest BCUT2D eigenvalue weighted by Crippen LogP contribution is 2.22. The summed E-state index contributed by atoms with van der Waals surface area (Å²) in [4.78, 5) is 31.2. The first-order chi connectivity index (χ1) is 10.3. The van der Waals surface area contributed by atoms with Gasteiger partial charge >= 0.3 is 11.8 Å². The van der Waals surface area contributed by atoms with Gasteiger partial charge in [0.2, 0.25) is 0 Å². The SMILES string of the molecule is CC(C)(C)O[N+](=O)c1cccc(OC(=O)N2CCNCC2)c1. The summed E-state index contributed by atoms with van der Waals surface area (Å²) >= 11 is 0. The predicted octanol–water partition coefficient (Wildman–Crippen LogP) is 2.23. The van der Waals surface area contributed by atoms with Crippen molar-refractivity contribution in [1.29, 1.82) is 0 Å². The molecular weight excluding hydrogens is 286 g/mol. The second-order valence-electron chi connectivity index (χ2n) is 6.06. The number of carbonyl (C=O) groups excluding carboxylic acids is 1. The van der Waals surface area contributed by atoms with Crippen LogP contribution in [-0.2, 0) is 4.84 Å². The average Bonchev–Trinajstić information content (AvgIpc) is 2.46. The molecule has 1 amide bonds. The average molecular weight is 308 g/mol. The summed E-state index contributed by atoms with van der Waals surface area (Å²) in [5, 5.41) is 3.17. The van der Waals surface area contributed by atoms with Crippen LogP contribution in [0.25, 0.3) is 0 Å². The molecule has 0 atom stereocenters. The lowest BCUT2D eigenvalue weighted by atomic mass is 10.2. The molecule has 1 aromatic rings. The minimum Gasteiger partial charge on any atom is -0.410 e. The van der Waals surface area contributed by atoms with E-state index in [1.54, 1.807) is 43.9 Å². The van der Waals surface area contributed by atoms with E-state index < -0.39 is 11.7 Å². The van der Waals surface area contributed by atoms with Gasteiger partial charge in [-0.2, -0.15) is 0 Å². The fraction of sp³-hybridized carbons (Fsp3) is 0.533. The molecule has 22 heavy (non-hydrogen) atoms. The summed E-state index contributed by atoms with van der Waals surface area (Å²) < 4.78 is 5.31. The third-order valence-corrected chi connectivity index (χ3v) is 2.97. The number of rotatable bonds is 3. The van der Waals surface area contributed by atoms with Gasteiger partial charge in [-0.1, -0.05) is 6.07 Å². The first kappa shape index (κ1) is 16.2. The summed E-state index contributed by atoms with van der Waals surface area (Å²) in [5.41, 5.74) is -0.324. The molecule has 7 heteroatoms. The summed E-state index contributed by atoms with van der Waals surface area (Å²) in [7, 11) is 0. The molecule has 0 aliphatic carbocycles. The second kappa shape index (κ2) is 6.74. The Morgan fingerprint density at radius 2 is 1.95 bits per heavy atom. The highest BCUT2D eigenvalue weighted by molar-refractivity contribution is 5.71. The van der Waals surface area contributed by atoms with Crippen molar-refractivity contribution in [3.05, 3.63) is 29.2 Å². The summed E-state index contributed by atoms with van der Waals surface area (Å²) in [6, 6.07) is 6.36. The van der Waals surface area contributed by atoms with E-state index in [4.69, 9.17) is 9.57 Å². The predicted molar refractivity (Wildman–Crippen MR) is 81.0 cm³/mol. The molecule has 7 nitrogen and oxygen atoms in total. The van der Waals surface area contributed by atoms with Crippen molar-refractivity contribution in [2.45, 2.75) is 26.4 Å². The Kier molecular flexibility index (Phi) is 4.97. The summed E-state index contributed by atoms with van der Waals surface area (Å²) in [5.74, 6) is 0.319. The Hall–Kier alpha value is -2.15. The van der Waals surface area contributed by atoms with E-state index >= 15 is 0 Å². The smallest absolute Gasteiger partial charge is 0.410 e. The molecule has 1 fully saturated rings. The molecule has 2 rings (SSSR count). The van der Waals surface area contributed by atoms with Gasteiger partial charge in [0.1, 0.15) is 5.75 Å². The number of hydrogen-bond acceptors (Lipinski definition) is 5. The van der Waals surface area contributed by atoms with Crippen molar-refractivity contribution in [1.82, 2.24) is 10.2 Å². The molecule has 1 aliphatic heterocycles. The van der Waals surface area contributed by atoms with Crippen LogP contribution < -0.4 is 10.1 Å². The molecule has 0 spiro atoms. The Labute approximate surface area is 129 Å². The van der Waals surface area contributed by atoms with Gasteiger partial charge in [-0.3, -0.25) is 0 Å². The molecular formula is C15H22N3O4+. The van der Waals surface area contributed by atoms with Crippen molar-refractivity contribution >= 4 is 11.8 Å². The van der Waals surface area contributed by atoms with Crippen molar-refractivity contribution < 1.29 is 19.3 Å². The number of nitrogens with one attached hydrogen (secondary N) is 1. The van der Waals surface area contributed by atoms with E-state index in [1.807, 2.05) is 0 Å². The van der Waals surface area contributed by atoms with Gasteiger partial charge in [0.15, 0.2) is 5.60 Å². The highest BCUT2D eigenvalue weighted by atomic mass is 16.8. The first-order valence-corrected chi connectivity index (χ1v) is 7.29. The topological polar surface area (TPSA) is 70.9 Å². The fourth-order valence-electron chi connectivity index (χ4n) is 1.97. The molecule has 0 bridgehead atoms. The van der Waals surface area contributed by atoms with Gasteiger partial charge in [-0.05, 0) is 26.8 Å². The lowest BCUT2D eigenvalue weighted by Crippen LogP contribution is -2.47. The standard InChI is InChI=1S/C15H22N3O4/c1-15(2,3)22-18(20)12-5-4-6-13(11-12)21-14(19)17-9-7-16-8-10-17/h4-6,11,16H,7-10H2,1-3H3/q+1. The molecule has 1 N–H and O–H groups in total. The van der Waals surface area contributed by atoms with Crippen molar-refractivity contribution in [2.75, 3.05) is 26.2 Å². The van der Waals surface area contributed by atoms with Gasteiger partial charge in [0.25, 0.3) is 4.92 Å². The van der Waals surface area contributed by atoms with E-state index in [1.165, 1.54) is 6.07 Å². The largest absolute Gasteiger partial charge is 0.415 e. The van der Waals surface area contributed by atoms with Gasteiger partial charge in [-0.25, -0.2) is 9.63 Å². The van der Waals surface area contributed by atoms with Crippen molar-refractivity contribution in [3.63, 3.8) is 0 Å². The number of benzene rings is 1. The normalized spacial score (nSPS) is 15.3. The number of nitrogens with zero attached hydrogens (tertiary/aromatic N) is 2. The van der Waals surface area contributed by atoms with Crippen LogP contribution in [0.1, 0.15) is 20.8 Å². The molecule has 0 unspecified atom stereocenters. The maximum atomic E-state index is 12.0. The zero-order chi connectivity index (χ0) is 16.2. The number of piperazine rings is 1. The lowest BCUT2D eigenvalue weighted by Gasteiger charge is -2.26. The molecule has 1 aliphatic rings. The monoisotopic (exact) mass is 308 g/mol. The molecule has 120 valence electrons. The first-order valence-electron chi connectivity index (χ1n) is 7.29. The maximum absolute atomic E-state index is 12.0. The third-order valence-electron chi connectivity index (χ3n) is 2.97. The molecule has 0 aromatic heterocycles. The Balaban J connectivity index is 2.01. The molecule has 0 radical (unpaired) electrons. The minimum absolute atomic E-state index is 0.278. The molecule has 1 heterocycles. The van der Waals surface area contributed by atoms with Crippen LogP contribution in [0.2, 0.25) is 0 Å². The van der Waals surface area contributed by atoms with Gasteiger partial charge < -0.3 is 15.0 Å².